The van der Waals surface area contributed by atoms with E-state index in [1.807, 2.05) is 12.1 Å². The Morgan fingerprint density at radius 1 is 1.39 bits per heavy atom. The molecule has 0 spiro atoms. The summed E-state index contributed by atoms with van der Waals surface area (Å²) in [6, 6.07) is 3.93. The molecule has 1 aromatic carbocycles. The van der Waals surface area contributed by atoms with Crippen LogP contribution in [0.4, 0.5) is 0 Å². The predicted octanol–water partition coefficient (Wildman–Crippen LogP) is 3.37. The molecule has 0 unspecified atom stereocenters. The molecule has 0 saturated carbocycles. The first-order chi connectivity index (χ1) is 8.76. The molecule has 0 amide bonds. The number of rotatable bonds is 6. The van der Waals surface area contributed by atoms with E-state index in [0.29, 0.717) is 5.02 Å². The summed E-state index contributed by atoms with van der Waals surface area (Å²) in [5.41, 5.74) is 2.39. The van der Waals surface area contributed by atoms with E-state index in [1.54, 1.807) is 7.11 Å². The van der Waals surface area contributed by atoms with E-state index in [1.165, 1.54) is 10.9 Å². The minimum Gasteiger partial charge on any atom is -0.495 e. The SMILES string of the molecule is CCNCCCc1c[nH]c2cc(Cl)c(OC)cc12. The first kappa shape index (κ1) is 13.2. The van der Waals surface area contributed by atoms with Crippen LogP contribution in [-0.4, -0.2) is 25.2 Å². The van der Waals surface area contributed by atoms with Crippen molar-refractivity contribution in [3.8, 4) is 5.75 Å². The van der Waals surface area contributed by atoms with Crippen LogP contribution in [0.3, 0.4) is 0 Å². The van der Waals surface area contributed by atoms with Gasteiger partial charge in [0, 0.05) is 17.1 Å². The smallest absolute Gasteiger partial charge is 0.138 e. The van der Waals surface area contributed by atoms with Crippen molar-refractivity contribution in [3.05, 3.63) is 28.9 Å². The van der Waals surface area contributed by atoms with Gasteiger partial charge in [-0.25, -0.2) is 0 Å². The van der Waals surface area contributed by atoms with Crippen LogP contribution in [0.1, 0.15) is 18.9 Å². The maximum atomic E-state index is 6.10. The van der Waals surface area contributed by atoms with Gasteiger partial charge in [0.25, 0.3) is 0 Å². The summed E-state index contributed by atoms with van der Waals surface area (Å²) in [6.07, 6.45) is 4.25. The van der Waals surface area contributed by atoms with Gasteiger partial charge in [-0.1, -0.05) is 18.5 Å². The van der Waals surface area contributed by atoms with E-state index >= 15 is 0 Å². The second-order valence-electron chi connectivity index (χ2n) is 4.30. The van der Waals surface area contributed by atoms with Gasteiger partial charge in [-0.3, -0.25) is 0 Å². The highest BCUT2D eigenvalue weighted by atomic mass is 35.5. The molecule has 0 aliphatic heterocycles. The molecule has 18 heavy (non-hydrogen) atoms. The molecule has 0 atom stereocenters. The molecule has 2 aromatic rings. The van der Waals surface area contributed by atoms with Crippen LogP contribution in [0, 0.1) is 0 Å². The lowest BCUT2D eigenvalue weighted by atomic mass is 10.1. The van der Waals surface area contributed by atoms with E-state index < -0.39 is 0 Å². The van der Waals surface area contributed by atoms with Crippen molar-refractivity contribution in [2.45, 2.75) is 19.8 Å². The van der Waals surface area contributed by atoms with Gasteiger partial charge in [0.15, 0.2) is 0 Å². The molecule has 1 heterocycles. The third-order valence-electron chi connectivity index (χ3n) is 3.09. The molecule has 0 aliphatic carbocycles. The molecule has 1 aromatic heterocycles. The number of nitrogens with one attached hydrogen (secondary N) is 2. The zero-order valence-electron chi connectivity index (χ0n) is 10.8. The third kappa shape index (κ3) is 2.79. The summed E-state index contributed by atoms with van der Waals surface area (Å²) in [7, 11) is 1.64. The van der Waals surface area contributed by atoms with E-state index in [9.17, 15) is 0 Å². The minimum absolute atomic E-state index is 0.644. The first-order valence-electron chi connectivity index (χ1n) is 6.30. The van der Waals surface area contributed by atoms with Crippen molar-refractivity contribution >= 4 is 22.5 Å². The number of aryl methyl sites for hydroxylation is 1. The molecule has 0 bridgehead atoms. The molecule has 98 valence electrons. The zero-order chi connectivity index (χ0) is 13.0. The molecule has 2 rings (SSSR count). The summed E-state index contributed by atoms with van der Waals surface area (Å²) in [4.78, 5) is 3.26. The number of hydrogen-bond acceptors (Lipinski definition) is 2. The average molecular weight is 267 g/mol. The number of hydrogen-bond donors (Lipinski definition) is 2. The fourth-order valence-electron chi connectivity index (χ4n) is 2.12. The molecule has 3 nitrogen and oxygen atoms in total. The number of halogens is 1. The van der Waals surface area contributed by atoms with Crippen LogP contribution >= 0.6 is 11.6 Å². The predicted molar refractivity (Wildman–Crippen MR) is 76.7 cm³/mol. The summed E-state index contributed by atoms with van der Waals surface area (Å²) in [6.45, 7) is 4.20. The van der Waals surface area contributed by atoms with Gasteiger partial charge in [0.1, 0.15) is 5.75 Å². The highest BCUT2D eigenvalue weighted by molar-refractivity contribution is 6.32. The lowest BCUT2D eigenvalue weighted by molar-refractivity contribution is 0.415. The van der Waals surface area contributed by atoms with Crippen molar-refractivity contribution in [1.29, 1.82) is 0 Å². The molecular formula is C14H19ClN2O. The molecule has 2 N–H and O–H groups in total. The maximum absolute atomic E-state index is 6.10. The number of benzene rings is 1. The Morgan fingerprint density at radius 2 is 2.22 bits per heavy atom. The number of fused-ring (bicyclic) bond motifs is 1. The van der Waals surface area contributed by atoms with Crippen molar-refractivity contribution < 1.29 is 4.74 Å². The zero-order valence-corrected chi connectivity index (χ0v) is 11.6. The van der Waals surface area contributed by atoms with Crippen molar-refractivity contribution in [3.63, 3.8) is 0 Å². The second-order valence-corrected chi connectivity index (χ2v) is 4.71. The molecule has 0 aliphatic rings. The van der Waals surface area contributed by atoms with Crippen LogP contribution in [0.25, 0.3) is 10.9 Å². The standard InChI is InChI=1S/C14H19ClN2O/c1-3-16-6-4-5-10-9-17-13-8-12(15)14(18-2)7-11(10)13/h7-9,16-17H,3-6H2,1-2H3. The van der Waals surface area contributed by atoms with Gasteiger partial charge < -0.3 is 15.0 Å². The van der Waals surface area contributed by atoms with E-state index in [0.717, 1.165) is 37.2 Å². The van der Waals surface area contributed by atoms with Gasteiger partial charge in [0.2, 0.25) is 0 Å². The average Bonchev–Trinajstić information content (AvgIpc) is 2.76. The Kier molecular flexibility index (Phi) is 4.50. The van der Waals surface area contributed by atoms with Gasteiger partial charge in [-0.05, 0) is 43.6 Å². The second kappa shape index (κ2) is 6.12. The number of H-pyrrole nitrogens is 1. The topological polar surface area (TPSA) is 37.0 Å². The first-order valence-corrected chi connectivity index (χ1v) is 6.68. The van der Waals surface area contributed by atoms with E-state index in [-0.39, 0.29) is 0 Å². The quantitative estimate of drug-likeness (QED) is 0.787. The fraction of sp³-hybridized carbons (Fsp3) is 0.429. The van der Waals surface area contributed by atoms with Crippen LogP contribution in [0.2, 0.25) is 5.02 Å². The Bertz CT molecular complexity index is 522. The van der Waals surface area contributed by atoms with E-state index in [2.05, 4.69) is 23.4 Å². The van der Waals surface area contributed by atoms with Crippen molar-refractivity contribution in [2.75, 3.05) is 20.2 Å². The Labute approximate surface area is 112 Å². The molecule has 0 radical (unpaired) electrons. The lowest BCUT2D eigenvalue weighted by Crippen LogP contribution is -2.14. The molecule has 4 heteroatoms. The molecular weight excluding hydrogens is 248 g/mol. The summed E-state index contributed by atoms with van der Waals surface area (Å²) < 4.78 is 5.26. The van der Waals surface area contributed by atoms with Crippen molar-refractivity contribution in [1.82, 2.24) is 10.3 Å². The number of ether oxygens (including phenoxy) is 1. The fourth-order valence-corrected chi connectivity index (χ4v) is 2.37. The number of methoxy groups -OCH3 is 1. The highest BCUT2D eigenvalue weighted by Gasteiger charge is 2.08. The Balaban J connectivity index is 2.18. The molecule has 0 saturated heterocycles. The van der Waals surface area contributed by atoms with Crippen LogP contribution < -0.4 is 10.1 Å². The lowest BCUT2D eigenvalue weighted by Gasteiger charge is -2.05. The van der Waals surface area contributed by atoms with Gasteiger partial charge in [0.05, 0.1) is 12.1 Å². The summed E-state index contributed by atoms with van der Waals surface area (Å²) in [5, 5.41) is 5.18. The van der Waals surface area contributed by atoms with Gasteiger partial charge in [-0.2, -0.15) is 0 Å². The van der Waals surface area contributed by atoms with Crippen LogP contribution in [-0.2, 0) is 6.42 Å². The normalized spacial score (nSPS) is 11.1. The summed E-state index contributed by atoms with van der Waals surface area (Å²) >= 11 is 6.10. The minimum atomic E-state index is 0.644. The number of aromatic amines is 1. The largest absolute Gasteiger partial charge is 0.495 e. The van der Waals surface area contributed by atoms with Gasteiger partial charge in [-0.15, -0.1) is 0 Å². The Morgan fingerprint density at radius 3 is 2.94 bits per heavy atom. The maximum Gasteiger partial charge on any atom is 0.138 e. The van der Waals surface area contributed by atoms with Crippen LogP contribution in [0.5, 0.6) is 5.75 Å². The third-order valence-corrected chi connectivity index (χ3v) is 3.38. The van der Waals surface area contributed by atoms with Crippen LogP contribution in [0.15, 0.2) is 18.3 Å². The monoisotopic (exact) mass is 266 g/mol. The van der Waals surface area contributed by atoms with Gasteiger partial charge >= 0.3 is 0 Å². The van der Waals surface area contributed by atoms with Crippen molar-refractivity contribution in [2.24, 2.45) is 0 Å². The van der Waals surface area contributed by atoms with E-state index in [4.69, 9.17) is 16.3 Å². The highest BCUT2D eigenvalue weighted by Crippen LogP contribution is 2.31. The Hall–Kier alpha value is -1.19. The molecule has 0 fully saturated rings. The summed E-state index contributed by atoms with van der Waals surface area (Å²) in [5.74, 6) is 0.733. The number of aromatic nitrogens is 1.